The van der Waals surface area contributed by atoms with E-state index in [0.29, 0.717) is 12.6 Å². The molecule has 1 aromatic rings. The molecule has 1 aromatic heterocycles. The highest BCUT2D eigenvalue weighted by molar-refractivity contribution is 14.0. The predicted octanol–water partition coefficient (Wildman–Crippen LogP) is 1.77. The maximum atomic E-state index is 4.60. The number of guanidine groups is 1. The van der Waals surface area contributed by atoms with Crippen LogP contribution in [0.5, 0.6) is 0 Å². The summed E-state index contributed by atoms with van der Waals surface area (Å²) in [5, 5.41) is 15.5. The second-order valence-electron chi connectivity index (χ2n) is 5.07. The van der Waals surface area contributed by atoms with Gasteiger partial charge in [0.15, 0.2) is 11.8 Å². The highest BCUT2D eigenvalue weighted by Crippen LogP contribution is 2.27. The molecule has 0 saturated heterocycles. The summed E-state index contributed by atoms with van der Waals surface area (Å²) in [6.07, 6.45) is 7.63. The first-order chi connectivity index (χ1) is 9.72. The van der Waals surface area contributed by atoms with Crippen LogP contribution in [-0.2, 0) is 13.6 Å². The van der Waals surface area contributed by atoms with E-state index in [2.05, 4.69) is 39.0 Å². The third-order valence-electron chi connectivity index (χ3n) is 3.59. The Labute approximate surface area is 148 Å². The third kappa shape index (κ3) is 5.65. The molecule has 2 rings (SSSR count). The largest absolute Gasteiger partial charge is 0.357 e. The van der Waals surface area contributed by atoms with E-state index in [1.54, 1.807) is 6.33 Å². The molecule has 0 aromatic carbocycles. The van der Waals surface area contributed by atoms with Gasteiger partial charge in [0.1, 0.15) is 12.9 Å². The summed E-state index contributed by atoms with van der Waals surface area (Å²) in [6, 6.07) is 0.532. The van der Waals surface area contributed by atoms with E-state index >= 15 is 0 Å². The highest BCUT2D eigenvalue weighted by Gasteiger charge is 2.24. The summed E-state index contributed by atoms with van der Waals surface area (Å²) >= 11 is 1.97. The Morgan fingerprint density at radius 1 is 1.52 bits per heavy atom. The fraction of sp³-hybridized carbons (Fsp3) is 0.769. The molecule has 8 heteroatoms. The molecule has 6 nitrogen and oxygen atoms in total. The van der Waals surface area contributed by atoms with Crippen LogP contribution in [0.1, 0.15) is 32.0 Å². The lowest BCUT2D eigenvalue weighted by atomic mass is 10.2. The second kappa shape index (κ2) is 9.50. The second-order valence-corrected chi connectivity index (χ2v) is 6.20. The van der Waals surface area contributed by atoms with E-state index in [9.17, 15) is 0 Å². The first-order valence-electron chi connectivity index (χ1n) is 7.13. The number of aliphatic imine (C=N–C) groups is 1. The summed E-state index contributed by atoms with van der Waals surface area (Å²) < 4.78 is 1.90. The van der Waals surface area contributed by atoms with Crippen LogP contribution >= 0.6 is 35.7 Å². The van der Waals surface area contributed by atoms with Crippen molar-refractivity contribution in [1.29, 1.82) is 0 Å². The highest BCUT2D eigenvalue weighted by atomic mass is 127. The summed E-state index contributed by atoms with van der Waals surface area (Å²) in [7, 11) is 1.94. The molecule has 1 fully saturated rings. The van der Waals surface area contributed by atoms with E-state index in [4.69, 9.17) is 0 Å². The molecule has 21 heavy (non-hydrogen) atoms. The van der Waals surface area contributed by atoms with Crippen molar-refractivity contribution in [2.45, 2.75) is 44.0 Å². The van der Waals surface area contributed by atoms with Crippen LogP contribution in [0.15, 0.2) is 11.3 Å². The number of halogens is 1. The Bertz CT molecular complexity index is 450. The van der Waals surface area contributed by atoms with Gasteiger partial charge in [0, 0.05) is 24.9 Å². The SMILES string of the molecule is CCNC(=NCc1nncn1C)NC1CCC(SC)C1.I. The Balaban J connectivity index is 0.00000220. The van der Waals surface area contributed by atoms with Crippen molar-refractivity contribution in [2.75, 3.05) is 12.8 Å². The number of aromatic nitrogens is 3. The average molecular weight is 424 g/mol. The van der Waals surface area contributed by atoms with Crippen LogP contribution in [0.25, 0.3) is 0 Å². The number of hydrogen-bond acceptors (Lipinski definition) is 4. The smallest absolute Gasteiger partial charge is 0.191 e. The minimum atomic E-state index is 0. The molecule has 2 atom stereocenters. The molecule has 0 aliphatic heterocycles. The van der Waals surface area contributed by atoms with Gasteiger partial charge >= 0.3 is 0 Å². The molecule has 1 heterocycles. The first-order valence-corrected chi connectivity index (χ1v) is 8.42. The van der Waals surface area contributed by atoms with Gasteiger partial charge in [-0.05, 0) is 32.4 Å². The lowest BCUT2D eigenvalue weighted by Gasteiger charge is -2.17. The molecule has 2 N–H and O–H groups in total. The van der Waals surface area contributed by atoms with Gasteiger partial charge in [0.05, 0.1) is 0 Å². The predicted molar refractivity (Wildman–Crippen MR) is 99.3 cm³/mol. The van der Waals surface area contributed by atoms with Gasteiger partial charge in [-0.3, -0.25) is 0 Å². The van der Waals surface area contributed by atoms with Gasteiger partial charge in [0.25, 0.3) is 0 Å². The zero-order valence-electron chi connectivity index (χ0n) is 12.9. The fourth-order valence-electron chi connectivity index (χ4n) is 2.40. The number of aryl methyl sites for hydroxylation is 1. The van der Waals surface area contributed by atoms with Gasteiger partial charge in [-0.25, -0.2) is 4.99 Å². The molecule has 120 valence electrons. The standard InChI is InChI=1S/C13H24N6S.HI/c1-4-14-13(15-8-12-18-16-9-19(12)2)17-10-5-6-11(7-10)20-3;/h9-11H,4-8H2,1-3H3,(H2,14,15,17);1H. The normalized spacial score (nSPS) is 22.0. The Kier molecular flexibility index (Phi) is 8.38. The van der Waals surface area contributed by atoms with Gasteiger partial charge in [-0.2, -0.15) is 11.8 Å². The maximum Gasteiger partial charge on any atom is 0.191 e. The van der Waals surface area contributed by atoms with Crippen LogP contribution in [0.2, 0.25) is 0 Å². The van der Waals surface area contributed by atoms with Crippen molar-refractivity contribution in [1.82, 2.24) is 25.4 Å². The Morgan fingerprint density at radius 3 is 2.90 bits per heavy atom. The average Bonchev–Trinajstić information content (AvgIpc) is 3.05. The molecule has 1 aliphatic rings. The minimum Gasteiger partial charge on any atom is -0.357 e. The zero-order chi connectivity index (χ0) is 14.4. The number of rotatable bonds is 5. The molecule has 0 amide bonds. The Hall–Kier alpha value is -0.510. The van der Waals surface area contributed by atoms with Gasteiger partial charge < -0.3 is 15.2 Å². The summed E-state index contributed by atoms with van der Waals surface area (Å²) in [5.74, 6) is 1.75. The van der Waals surface area contributed by atoms with Gasteiger partial charge in [-0.1, -0.05) is 0 Å². The quantitative estimate of drug-likeness (QED) is 0.429. The molecule has 2 unspecified atom stereocenters. The van der Waals surface area contributed by atoms with E-state index in [1.165, 1.54) is 19.3 Å². The lowest BCUT2D eigenvalue weighted by molar-refractivity contribution is 0.613. The van der Waals surface area contributed by atoms with Crippen molar-refractivity contribution < 1.29 is 0 Å². The summed E-state index contributed by atoms with van der Waals surface area (Å²) in [4.78, 5) is 4.60. The zero-order valence-corrected chi connectivity index (χ0v) is 16.0. The molecular formula is C13H25IN6S. The molecule has 0 bridgehead atoms. The van der Waals surface area contributed by atoms with E-state index in [1.807, 2.05) is 23.4 Å². The minimum absolute atomic E-state index is 0. The number of thioether (sulfide) groups is 1. The molecular weight excluding hydrogens is 399 g/mol. The monoisotopic (exact) mass is 424 g/mol. The van der Waals surface area contributed by atoms with Crippen LogP contribution in [0.4, 0.5) is 0 Å². The van der Waals surface area contributed by atoms with Crippen LogP contribution in [0.3, 0.4) is 0 Å². The number of hydrogen-bond donors (Lipinski definition) is 2. The molecule has 0 spiro atoms. The van der Waals surface area contributed by atoms with Crippen molar-refractivity contribution in [3.8, 4) is 0 Å². The van der Waals surface area contributed by atoms with Crippen molar-refractivity contribution in [3.63, 3.8) is 0 Å². The fourth-order valence-corrected chi connectivity index (χ4v) is 3.20. The van der Waals surface area contributed by atoms with Crippen molar-refractivity contribution >= 4 is 41.7 Å². The van der Waals surface area contributed by atoms with Crippen molar-refractivity contribution in [3.05, 3.63) is 12.2 Å². The number of nitrogens with zero attached hydrogens (tertiary/aromatic N) is 4. The van der Waals surface area contributed by atoms with E-state index < -0.39 is 0 Å². The Morgan fingerprint density at radius 2 is 2.33 bits per heavy atom. The molecule has 0 radical (unpaired) electrons. The summed E-state index contributed by atoms with van der Waals surface area (Å²) in [6.45, 7) is 3.49. The topological polar surface area (TPSA) is 67.1 Å². The number of nitrogens with one attached hydrogen (secondary N) is 2. The van der Waals surface area contributed by atoms with Crippen LogP contribution in [0, 0.1) is 0 Å². The van der Waals surface area contributed by atoms with Crippen molar-refractivity contribution in [2.24, 2.45) is 12.0 Å². The summed E-state index contributed by atoms with van der Waals surface area (Å²) in [5.41, 5.74) is 0. The first kappa shape index (κ1) is 18.5. The van der Waals surface area contributed by atoms with E-state index in [0.717, 1.165) is 23.6 Å². The molecule has 1 aliphatic carbocycles. The van der Waals surface area contributed by atoms with Crippen LogP contribution in [-0.4, -0.2) is 44.8 Å². The lowest BCUT2D eigenvalue weighted by Crippen LogP contribution is -2.42. The maximum absolute atomic E-state index is 4.60. The van der Waals surface area contributed by atoms with Crippen LogP contribution < -0.4 is 10.6 Å². The molecule has 1 saturated carbocycles. The van der Waals surface area contributed by atoms with Gasteiger partial charge in [-0.15, -0.1) is 34.2 Å². The third-order valence-corrected chi connectivity index (χ3v) is 4.68. The van der Waals surface area contributed by atoms with Gasteiger partial charge in [0.2, 0.25) is 0 Å². The van der Waals surface area contributed by atoms with E-state index in [-0.39, 0.29) is 24.0 Å².